The van der Waals surface area contributed by atoms with Gasteiger partial charge in [-0.3, -0.25) is 4.57 Å². The minimum Gasteiger partial charge on any atom is -0.467 e. The Balaban J connectivity index is 1.62. The molecule has 6 heteroatoms. The van der Waals surface area contributed by atoms with Crippen LogP contribution in [0.4, 0.5) is 0 Å². The zero-order valence-electron chi connectivity index (χ0n) is 17.9. The van der Waals surface area contributed by atoms with E-state index in [9.17, 15) is 0 Å². The molecule has 0 aliphatic carbocycles. The highest BCUT2D eigenvalue weighted by Crippen LogP contribution is 2.29. The molecular weight excluding hydrogens is 404 g/mol. The van der Waals surface area contributed by atoms with E-state index >= 15 is 0 Å². The molecule has 0 saturated carbocycles. The fraction of sp³-hybridized carbons (Fsp3) is 0.240. The molecule has 0 bridgehead atoms. The number of hydrogen-bond acceptors (Lipinski definition) is 5. The second-order valence-corrected chi connectivity index (χ2v) is 9.34. The Morgan fingerprint density at radius 3 is 2.35 bits per heavy atom. The molecule has 0 saturated heterocycles. The smallest absolute Gasteiger partial charge is 0.192 e. The fourth-order valence-corrected chi connectivity index (χ4v) is 4.15. The number of thioether (sulfide) groups is 1. The third-order valence-corrected chi connectivity index (χ3v) is 6.11. The maximum absolute atomic E-state index is 8.98. The van der Waals surface area contributed by atoms with Crippen LogP contribution in [0.5, 0.6) is 0 Å². The maximum Gasteiger partial charge on any atom is 0.192 e. The summed E-state index contributed by atoms with van der Waals surface area (Å²) in [7, 11) is 0. The molecule has 4 rings (SSSR count). The van der Waals surface area contributed by atoms with Crippen LogP contribution < -0.4 is 0 Å². The molecule has 2 aromatic heterocycles. The van der Waals surface area contributed by atoms with E-state index in [2.05, 4.69) is 65.9 Å². The molecular formula is C25H24N4OS. The van der Waals surface area contributed by atoms with Crippen LogP contribution >= 0.6 is 11.8 Å². The highest BCUT2D eigenvalue weighted by molar-refractivity contribution is 7.98. The van der Waals surface area contributed by atoms with Crippen molar-refractivity contribution in [2.75, 3.05) is 0 Å². The summed E-state index contributed by atoms with van der Waals surface area (Å²) in [5.74, 6) is 2.41. The van der Waals surface area contributed by atoms with E-state index in [-0.39, 0.29) is 5.41 Å². The van der Waals surface area contributed by atoms with E-state index < -0.39 is 0 Å². The highest BCUT2D eigenvalue weighted by atomic mass is 32.2. The maximum atomic E-state index is 8.98. The van der Waals surface area contributed by atoms with Gasteiger partial charge in [0.1, 0.15) is 5.76 Å². The molecule has 0 atom stereocenters. The topological polar surface area (TPSA) is 67.6 Å². The van der Waals surface area contributed by atoms with E-state index in [1.54, 1.807) is 18.0 Å². The van der Waals surface area contributed by atoms with Crippen LogP contribution in [0.2, 0.25) is 0 Å². The fourth-order valence-electron chi connectivity index (χ4n) is 3.25. The van der Waals surface area contributed by atoms with Crippen LogP contribution in [0, 0.1) is 11.3 Å². The van der Waals surface area contributed by atoms with Gasteiger partial charge in [0.15, 0.2) is 11.0 Å². The van der Waals surface area contributed by atoms with E-state index in [4.69, 9.17) is 9.68 Å². The Labute approximate surface area is 186 Å². The normalized spacial score (nSPS) is 11.4. The number of aromatic nitrogens is 3. The van der Waals surface area contributed by atoms with Crippen molar-refractivity contribution in [3.05, 3.63) is 89.4 Å². The average molecular weight is 429 g/mol. The van der Waals surface area contributed by atoms with Gasteiger partial charge in [-0.25, -0.2) is 0 Å². The number of hydrogen-bond donors (Lipinski definition) is 0. The lowest BCUT2D eigenvalue weighted by Gasteiger charge is -2.19. The molecule has 0 fully saturated rings. The summed E-state index contributed by atoms with van der Waals surface area (Å²) in [6.07, 6.45) is 1.68. The zero-order chi connectivity index (χ0) is 21.8. The molecule has 2 aromatic carbocycles. The molecule has 31 heavy (non-hydrogen) atoms. The van der Waals surface area contributed by atoms with Gasteiger partial charge in [-0.1, -0.05) is 68.9 Å². The molecule has 0 unspecified atom stereocenters. The molecule has 5 nitrogen and oxygen atoms in total. The van der Waals surface area contributed by atoms with Crippen molar-refractivity contribution in [3.8, 4) is 17.5 Å². The van der Waals surface area contributed by atoms with Crippen LogP contribution in [-0.4, -0.2) is 14.8 Å². The van der Waals surface area contributed by atoms with Gasteiger partial charge >= 0.3 is 0 Å². The second kappa shape index (κ2) is 8.83. The minimum absolute atomic E-state index is 0.0997. The van der Waals surface area contributed by atoms with E-state index in [0.717, 1.165) is 33.6 Å². The predicted octanol–water partition coefficient (Wildman–Crippen LogP) is 6.05. The minimum atomic E-state index is 0.0997. The lowest BCUT2D eigenvalue weighted by Crippen LogP contribution is -2.10. The number of furan rings is 1. The zero-order valence-corrected chi connectivity index (χ0v) is 18.7. The Morgan fingerprint density at radius 2 is 1.74 bits per heavy atom. The molecule has 156 valence electrons. The van der Waals surface area contributed by atoms with Gasteiger partial charge in [0.05, 0.1) is 24.4 Å². The molecule has 2 heterocycles. The Kier molecular flexibility index (Phi) is 5.97. The molecule has 0 amide bonds. The molecule has 0 spiro atoms. The summed E-state index contributed by atoms with van der Waals surface area (Å²) < 4.78 is 7.69. The molecule has 4 aromatic rings. The van der Waals surface area contributed by atoms with Crippen molar-refractivity contribution in [2.45, 2.75) is 43.6 Å². The highest BCUT2D eigenvalue weighted by Gasteiger charge is 2.18. The summed E-state index contributed by atoms with van der Waals surface area (Å²) in [5, 5.41) is 18.8. The van der Waals surface area contributed by atoms with Crippen molar-refractivity contribution >= 4 is 11.8 Å². The van der Waals surface area contributed by atoms with Crippen LogP contribution in [0.1, 0.15) is 43.2 Å². The summed E-state index contributed by atoms with van der Waals surface area (Å²) >= 11 is 1.62. The van der Waals surface area contributed by atoms with Crippen LogP contribution in [0.3, 0.4) is 0 Å². The van der Waals surface area contributed by atoms with E-state index in [1.165, 1.54) is 5.56 Å². The van der Waals surface area contributed by atoms with E-state index in [1.807, 2.05) is 36.4 Å². The third-order valence-electron chi connectivity index (χ3n) is 5.07. The Hall–Kier alpha value is -3.30. The van der Waals surface area contributed by atoms with Crippen molar-refractivity contribution in [2.24, 2.45) is 0 Å². The van der Waals surface area contributed by atoms with Crippen LogP contribution in [0.15, 0.2) is 76.5 Å². The average Bonchev–Trinajstić information content (AvgIpc) is 3.42. The summed E-state index contributed by atoms with van der Waals surface area (Å²) in [6.45, 7) is 7.18. The monoisotopic (exact) mass is 428 g/mol. The van der Waals surface area contributed by atoms with Crippen LogP contribution in [0.25, 0.3) is 11.4 Å². The van der Waals surface area contributed by atoms with Gasteiger partial charge in [-0.05, 0) is 40.8 Å². The first-order valence-electron chi connectivity index (χ1n) is 10.1. The lowest BCUT2D eigenvalue weighted by atomic mass is 9.87. The first kappa shape index (κ1) is 21.0. The number of rotatable bonds is 6. The largest absolute Gasteiger partial charge is 0.467 e. The third kappa shape index (κ3) is 4.89. The number of nitriles is 1. The van der Waals surface area contributed by atoms with E-state index in [0.29, 0.717) is 12.1 Å². The Bertz CT molecular complexity index is 1180. The van der Waals surface area contributed by atoms with Crippen molar-refractivity contribution < 1.29 is 4.42 Å². The number of benzene rings is 2. The summed E-state index contributed by atoms with van der Waals surface area (Å²) in [5.41, 5.74) is 4.20. The van der Waals surface area contributed by atoms with Gasteiger partial charge in [-0.2, -0.15) is 5.26 Å². The predicted molar refractivity (Wildman–Crippen MR) is 123 cm³/mol. The van der Waals surface area contributed by atoms with Crippen molar-refractivity contribution in [1.29, 1.82) is 5.26 Å². The van der Waals surface area contributed by atoms with Gasteiger partial charge in [0.2, 0.25) is 0 Å². The van der Waals surface area contributed by atoms with Gasteiger partial charge < -0.3 is 4.42 Å². The summed E-state index contributed by atoms with van der Waals surface area (Å²) in [4.78, 5) is 0. The molecule has 0 aliphatic rings. The molecule has 0 radical (unpaired) electrons. The first-order chi connectivity index (χ1) is 14.9. The second-order valence-electron chi connectivity index (χ2n) is 8.40. The van der Waals surface area contributed by atoms with Crippen molar-refractivity contribution in [1.82, 2.24) is 14.8 Å². The SMILES string of the molecule is CC(C)(C)c1ccc(-c2nnc(SCc3ccc(C#N)cc3)n2Cc2ccco2)cc1. The van der Waals surface area contributed by atoms with Gasteiger partial charge in [0, 0.05) is 11.3 Å². The lowest BCUT2D eigenvalue weighted by molar-refractivity contribution is 0.485. The Morgan fingerprint density at radius 1 is 1.00 bits per heavy atom. The first-order valence-corrected chi connectivity index (χ1v) is 11.1. The van der Waals surface area contributed by atoms with Gasteiger partial charge in [-0.15, -0.1) is 10.2 Å². The van der Waals surface area contributed by atoms with Crippen molar-refractivity contribution in [3.63, 3.8) is 0 Å². The van der Waals surface area contributed by atoms with Gasteiger partial charge in [0.25, 0.3) is 0 Å². The summed E-state index contributed by atoms with van der Waals surface area (Å²) in [6, 6.07) is 22.2. The molecule has 0 aliphatic heterocycles. The standard InChI is InChI=1S/C25H24N4OS/c1-25(2,3)21-12-10-20(11-13-21)23-27-28-24(29(23)16-22-5-4-14-30-22)31-17-19-8-6-18(15-26)7-9-19/h4-14H,16-17H2,1-3H3. The van der Waals surface area contributed by atoms with Crippen LogP contribution in [-0.2, 0) is 17.7 Å². The molecule has 0 N–H and O–H groups in total. The number of nitrogens with zero attached hydrogens (tertiary/aromatic N) is 4. The quantitative estimate of drug-likeness (QED) is 0.350.